The molecule has 2 aromatic rings. The molecule has 0 saturated carbocycles. The van der Waals surface area contributed by atoms with Gasteiger partial charge in [0, 0.05) is 56.1 Å². The summed E-state index contributed by atoms with van der Waals surface area (Å²) in [6.07, 6.45) is 0. The Kier molecular flexibility index (Phi) is 5.60. The molecule has 0 amide bonds. The van der Waals surface area contributed by atoms with Gasteiger partial charge in [-0.25, -0.2) is 0 Å². The molecule has 0 atom stereocenters. The maximum absolute atomic E-state index is 13.0. The molecule has 1 heterocycles. The number of hydrogen-bond acceptors (Lipinski definition) is 6. The molecule has 3 rings (SSSR count). The number of aliphatic hydroxyl groups excluding tert-OH is 1. The largest absolute Gasteiger partial charge is 0.395 e. The Morgan fingerprint density at radius 2 is 1.77 bits per heavy atom. The van der Waals surface area contributed by atoms with Crippen LogP contribution in [0.4, 0.5) is 11.4 Å². The summed E-state index contributed by atoms with van der Waals surface area (Å²) in [6.45, 7) is 3.70. The number of nitrogens with zero attached hydrogens (tertiary/aromatic N) is 3. The number of ketones is 1. The number of piperazine rings is 1. The molecule has 7 nitrogen and oxygen atoms in total. The lowest BCUT2D eigenvalue weighted by Gasteiger charge is -2.36. The highest BCUT2D eigenvalue weighted by atomic mass is 16.6. The third-order valence-electron chi connectivity index (χ3n) is 4.60. The number of nitro benzene ring substituents is 1. The molecule has 1 aliphatic rings. The van der Waals surface area contributed by atoms with E-state index in [1.165, 1.54) is 12.1 Å². The van der Waals surface area contributed by atoms with E-state index < -0.39 is 4.92 Å². The van der Waals surface area contributed by atoms with Crippen LogP contribution in [0.2, 0.25) is 0 Å². The predicted molar refractivity (Wildman–Crippen MR) is 98.7 cm³/mol. The van der Waals surface area contributed by atoms with Crippen LogP contribution in [0.15, 0.2) is 48.5 Å². The number of carbonyl (C=O) groups excluding carboxylic acids is 1. The zero-order chi connectivity index (χ0) is 18.5. The minimum Gasteiger partial charge on any atom is -0.395 e. The van der Waals surface area contributed by atoms with Gasteiger partial charge in [0.05, 0.1) is 17.1 Å². The maximum atomic E-state index is 13.0. The van der Waals surface area contributed by atoms with E-state index in [2.05, 4.69) is 9.80 Å². The Bertz CT molecular complexity index is 787. The molecule has 0 aromatic heterocycles. The van der Waals surface area contributed by atoms with Gasteiger partial charge in [0.25, 0.3) is 5.69 Å². The van der Waals surface area contributed by atoms with Crippen LogP contribution in [-0.4, -0.2) is 60.0 Å². The number of nitro groups is 1. The van der Waals surface area contributed by atoms with Crippen LogP contribution >= 0.6 is 0 Å². The minimum atomic E-state index is -0.481. The molecule has 1 fully saturated rings. The van der Waals surface area contributed by atoms with E-state index in [1.54, 1.807) is 30.3 Å². The molecule has 26 heavy (non-hydrogen) atoms. The predicted octanol–water partition coefficient (Wildman–Crippen LogP) is 1.94. The highest BCUT2D eigenvalue weighted by molar-refractivity contribution is 6.12. The molecular weight excluding hydrogens is 334 g/mol. The number of β-amino-alcohol motifs (C(OH)–C–C–N with tert-alkyl or cyclic N) is 1. The molecule has 0 spiro atoms. The van der Waals surface area contributed by atoms with Crippen LogP contribution in [0.3, 0.4) is 0 Å². The third-order valence-corrected chi connectivity index (χ3v) is 4.60. The van der Waals surface area contributed by atoms with Gasteiger partial charge in [-0.3, -0.25) is 19.8 Å². The van der Waals surface area contributed by atoms with Crippen molar-refractivity contribution in [1.82, 2.24) is 4.90 Å². The summed E-state index contributed by atoms with van der Waals surface area (Å²) < 4.78 is 0. The second-order valence-electron chi connectivity index (χ2n) is 6.21. The molecule has 1 aliphatic heterocycles. The Hall–Kier alpha value is -2.77. The average Bonchev–Trinajstić information content (AvgIpc) is 2.68. The molecule has 0 aliphatic carbocycles. The zero-order valence-corrected chi connectivity index (χ0v) is 14.4. The van der Waals surface area contributed by atoms with Crippen molar-refractivity contribution in [3.8, 4) is 0 Å². The van der Waals surface area contributed by atoms with Gasteiger partial charge >= 0.3 is 0 Å². The van der Waals surface area contributed by atoms with Gasteiger partial charge in [0.2, 0.25) is 0 Å². The van der Waals surface area contributed by atoms with Crippen LogP contribution in [0.25, 0.3) is 0 Å². The van der Waals surface area contributed by atoms with Crippen molar-refractivity contribution >= 4 is 17.2 Å². The quantitative estimate of drug-likeness (QED) is 0.484. The number of anilines is 1. The summed E-state index contributed by atoms with van der Waals surface area (Å²) in [7, 11) is 0. The van der Waals surface area contributed by atoms with Crippen molar-refractivity contribution in [2.45, 2.75) is 0 Å². The average molecular weight is 355 g/mol. The van der Waals surface area contributed by atoms with Gasteiger partial charge in [-0.1, -0.05) is 30.3 Å². The van der Waals surface area contributed by atoms with Gasteiger partial charge in [0.15, 0.2) is 5.78 Å². The lowest BCUT2D eigenvalue weighted by Crippen LogP contribution is -2.47. The summed E-state index contributed by atoms with van der Waals surface area (Å²) in [5.74, 6) is -0.220. The lowest BCUT2D eigenvalue weighted by molar-refractivity contribution is -0.384. The Balaban J connectivity index is 1.92. The van der Waals surface area contributed by atoms with Gasteiger partial charge in [0.1, 0.15) is 0 Å². The fourth-order valence-corrected chi connectivity index (χ4v) is 3.19. The summed E-state index contributed by atoms with van der Waals surface area (Å²) in [5, 5.41) is 20.2. The first-order valence-corrected chi connectivity index (χ1v) is 8.56. The van der Waals surface area contributed by atoms with E-state index in [0.717, 1.165) is 13.1 Å². The van der Waals surface area contributed by atoms with E-state index in [0.29, 0.717) is 36.4 Å². The fourth-order valence-electron chi connectivity index (χ4n) is 3.19. The van der Waals surface area contributed by atoms with Crippen LogP contribution in [0.5, 0.6) is 0 Å². The number of hydrogen-bond donors (Lipinski definition) is 1. The van der Waals surface area contributed by atoms with Crippen LogP contribution in [0, 0.1) is 10.1 Å². The minimum absolute atomic E-state index is 0.0908. The lowest BCUT2D eigenvalue weighted by atomic mass is 10.00. The first-order chi connectivity index (χ1) is 12.6. The molecule has 1 N–H and O–H groups in total. The van der Waals surface area contributed by atoms with E-state index >= 15 is 0 Å². The molecular formula is C19H21N3O4. The van der Waals surface area contributed by atoms with E-state index in [4.69, 9.17) is 5.11 Å². The smallest absolute Gasteiger partial charge is 0.270 e. The molecule has 0 unspecified atom stereocenters. The number of benzene rings is 2. The second-order valence-corrected chi connectivity index (χ2v) is 6.21. The topological polar surface area (TPSA) is 86.9 Å². The highest BCUT2D eigenvalue weighted by Crippen LogP contribution is 2.28. The standard InChI is InChI=1S/C19H21N3O4/c23-13-12-20-8-10-21(11-9-20)18-7-6-16(22(25)26)14-17(18)19(24)15-4-2-1-3-5-15/h1-7,14,23H,8-13H2. The third kappa shape index (κ3) is 3.89. The van der Waals surface area contributed by atoms with Gasteiger partial charge in [-0.15, -0.1) is 0 Å². The number of aliphatic hydroxyl groups is 1. The molecule has 0 radical (unpaired) electrons. The Morgan fingerprint density at radius 1 is 1.08 bits per heavy atom. The molecule has 0 bridgehead atoms. The fraction of sp³-hybridized carbons (Fsp3) is 0.316. The first kappa shape index (κ1) is 18.0. The first-order valence-electron chi connectivity index (χ1n) is 8.56. The normalized spacial score (nSPS) is 15.0. The van der Waals surface area contributed by atoms with Gasteiger partial charge in [-0.05, 0) is 6.07 Å². The molecule has 1 saturated heterocycles. The summed E-state index contributed by atoms with van der Waals surface area (Å²) in [5.41, 5.74) is 1.48. The highest BCUT2D eigenvalue weighted by Gasteiger charge is 2.24. The second kappa shape index (κ2) is 8.07. The van der Waals surface area contributed by atoms with Crippen LogP contribution in [0.1, 0.15) is 15.9 Å². The van der Waals surface area contributed by atoms with Crippen molar-refractivity contribution < 1.29 is 14.8 Å². The Labute approximate surface area is 151 Å². The molecule has 136 valence electrons. The zero-order valence-electron chi connectivity index (χ0n) is 14.4. The summed E-state index contributed by atoms with van der Waals surface area (Å²) >= 11 is 0. The van der Waals surface area contributed by atoms with Crippen molar-refractivity contribution in [2.75, 3.05) is 44.2 Å². The number of carbonyl (C=O) groups is 1. The van der Waals surface area contributed by atoms with E-state index in [1.807, 2.05) is 6.07 Å². The SMILES string of the molecule is O=C(c1ccccc1)c1cc([N+](=O)[O-])ccc1N1CCN(CCO)CC1. The number of rotatable bonds is 6. The van der Waals surface area contributed by atoms with Crippen LogP contribution in [-0.2, 0) is 0 Å². The van der Waals surface area contributed by atoms with Crippen LogP contribution < -0.4 is 4.90 Å². The molecule has 2 aromatic carbocycles. The maximum Gasteiger partial charge on any atom is 0.270 e. The molecule has 7 heteroatoms. The van der Waals surface area contributed by atoms with Gasteiger partial charge in [-0.2, -0.15) is 0 Å². The van der Waals surface area contributed by atoms with Crippen molar-refractivity contribution in [3.63, 3.8) is 0 Å². The van der Waals surface area contributed by atoms with Gasteiger partial charge < -0.3 is 10.0 Å². The summed E-state index contributed by atoms with van der Waals surface area (Å²) in [4.78, 5) is 27.9. The van der Waals surface area contributed by atoms with E-state index in [9.17, 15) is 14.9 Å². The van der Waals surface area contributed by atoms with Crippen molar-refractivity contribution in [3.05, 3.63) is 69.8 Å². The Morgan fingerprint density at radius 3 is 2.38 bits per heavy atom. The van der Waals surface area contributed by atoms with E-state index in [-0.39, 0.29) is 18.1 Å². The van der Waals surface area contributed by atoms with Crippen molar-refractivity contribution in [1.29, 1.82) is 0 Å². The monoisotopic (exact) mass is 355 g/mol. The van der Waals surface area contributed by atoms with Crippen molar-refractivity contribution in [2.24, 2.45) is 0 Å². The summed E-state index contributed by atoms with van der Waals surface area (Å²) in [6, 6.07) is 13.3. The number of non-ortho nitro benzene ring substituents is 1.